The highest BCUT2D eigenvalue weighted by Gasteiger charge is 2.21. The van der Waals surface area contributed by atoms with E-state index < -0.39 is 0 Å². The predicted molar refractivity (Wildman–Crippen MR) is 108 cm³/mol. The number of aliphatic hydroxyl groups is 1. The van der Waals surface area contributed by atoms with Crippen molar-refractivity contribution in [3.63, 3.8) is 0 Å². The van der Waals surface area contributed by atoms with Gasteiger partial charge < -0.3 is 20.5 Å². The van der Waals surface area contributed by atoms with Crippen LogP contribution in [-0.2, 0) is 0 Å². The summed E-state index contributed by atoms with van der Waals surface area (Å²) in [5, 5.41) is 22.3. The van der Waals surface area contributed by atoms with Crippen LogP contribution in [0.25, 0.3) is 11.5 Å². The fraction of sp³-hybridized carbons (Fsp3) is 0.529. The number of anilines is 1. The molecule has 144 valence electrons. The third-order valence-electron chi connectivity index (χ3n) is 3.75. The largest absolute Gasteiger partial charge is 0.395 e. The first-order valence-electron chi connectivity index (χ1n) is 8.98. The number of rotatable bonds is 7. The number of allylic oxidation sites excluding steroid dienone is 1. The van der Waals surface area contributed by atoms with E-state index in [2.05, 4.69) is 37.9 Å². The summed E-state index contributed by atoms with van der Waals surface area (Å²) in [6, 6.07) is 1.85. The molecule has 0 unspecified atom stereocenters. The van der Waals surface area contributed by atoms with Crippen molar-refractivity contribution in [3.8, 4) is 5.82 Å². The number of nitrogens with one attached hydrogen (secondary N) is 2. The predicted octanol–water partition coefficient (Wildman–Crippen LogP) is 1.87. The van der Waals surface area contributed by atoms with Crippen LogP contribution in [0, 0.1) is 0 Å². The molecule has 1 aliphatic heterocycles. The molecule has 3 heterocycles. The summed E-state index contributed by atoms with van der Waals surface area (Å²) >= 11 is 1.85. The standard InChI is InChI=1S/C13H18N6S.C4H11NO/c1-2-4-11(18-7-3-8-20-18)10-9-16-19(13(10)14)12-5-6-15-17-12;1-2-5-3-4-6/h4-6,9H,2-3,7-8,14H2,1H3,(H,15,17);5-6H,2-4H2,1H3/b11-4+;. The highest BCUT2D eigenvalue weighted by Crippen LogP contribution is 2.34. The van der Waals surface area contributed by atoms with Gasteiger partial charge in [0.25, 0.3) is 0 Å². The van der Waals surface area contributed by atoms with Crippen LogP contribution in [0.15, 0.2) is 24.5 Å². The molecular formula is C17H29N7OS. The molecule has 0 amide bonds. The van der Waals surface area contributed by atoms with Crippen molar-refractivity contribution in [2.75, 3.05) is 37.7 Å². The molecule has 0 saturated carbocycles. The molecule has 0 radical (unpaired) electrons. The van der Waals surface area contributed by atoms with Crippen LogP contribution in [0.1, 0.15) is 32.3 Å². The van der Waals surface area contributed by atoms with Gasteiger partial charge in [-0.15, -0.1) is 0 Å². The maximum atomic E-state index is 8.13. The van der Waals surface area contributed by atoms with Gasteiger partial charge in [0.15, 0.2) is 5.82 Å². The number of nitrogen functional groups attached to an aromatic ring is 1. The van der Waals surface area contributed by atoms with E-state index in [-0.39, 0.29) is 6.61 Å². The van der Waals surface area contributed by atoms with Crippen LogP contribution in [0.4, 0.5) is 5.82 Å². The average molecular weight is 380 g/mol. The van der Waals surface area contributed by atoms with Crippen molar-refractivity contribution >= 4 is 23.5 Å². The number of aromatic amines is 1. The normalized spacial score (nSPS) is 14.4. The van der Waals surface area contributed by atoms with Crippen LogP contribution in [0.2, 0.25) is 0 Å². The molecule has 5 N–H and O–H groups in total. The molecule has 0 spiro atoms. The second kappa shape index (κ2) is 10.9. The smallest absolute Gasteiger partial charge is 0.151 e. The summed E-state index contributed by atoms with van der Waals surface area (Å²) in [4.78, 5) is 0. The summed E-state index contributed by atoms with van der Waals surface area (Å²) < 4.78 is 4.00. The van der Waals surface area contributed by atoms with Gasteiger partial charge in [-0.05, 0) is 31.3 Å². The molecule has 1 fully saturated rings. The Morgan fingerprint density at radius 3 is 2.88 bits per heavy atom. The van der Waals surface area contributed by atoms with Gasteiger partial charge in [-0.3, -0.25) is 5.10 Å². The van der Waals surface area contributed by atoms with Gasteiger partial charge in [-0.25, -0.2) is 0 Å². The quantitative estimate of drug-likeness (QED) is 0.430. The number of aliphatic hydroxyl groups excluding tert-OH is 1. The first kappa shape index (κ1) is 20.3. The Bertz CT molecular complexity index is 659. The molecule has 0 aromatic carbocycles. The zero-order chi connectivity index (χ0) is 18.8. The first-order valence-corrected chi connectivity index (χ1v) is 9.92. The van der Waals surface area contributed by atoms with Gasteiger partial charge in [0.05, 0.1) is 30.3 Å². The Balaban J connectivity index is 0.000000352. The second-order valence-corrected chi connectivity index (χ2v) is 6.77. The Hall–Kier alpha value is -1.97. The molecule has 0 aliphatic carbocycles. The molecule has 1 aliphatic rings. The van der Waals surface area contributed by atoms with Crippen molar-refractivity contribution in [1.82, 2.24) is 29.6 Å². The molecular weight excluding hydrogens is 350 g/mol. The maximum absolute atomic E-state index is 8.13. The van der Waals surface area contributed by atoms with Crippen molar-refractivity contribution in [3.05, 3.63) is 30.1 Å². The lowest BCUT2D eigenvalue weighted by molar-refractivity contribution is 0.293. The average Bonchev–Trinajstić information content (AvgIpc) is 3.40. The summed E-state index contributed by atoms with van der Waals surface area (Å²) in [6.07, 6.45) is 7.91. The van der Waals surface area contributed by atoms with E-state index in [9.17, 15) is 0 Å². The number of H-pyrrole nitrogens is 1. The van der Waals surface area contributed by atoms with Crippen LogP contribution in [-0.4, -0.2) is 61.4 Å². The van der Waals surface area contributed by atoms with E-state index in [4.69, 9.17) is 10.8 Å². The Morgan fingerprint density at radius 1 is 1.50 bits per heavy atom. The monoisotopic (exact) mass is 379 g/mol. The van der Waals surface area contributed by atoms with E-state index in [1.807, 2.05) is 31.1 Å². The number of hydrogen-bond acceptors (Lipinski definition) is 7. The molecule has 0 atom stereocenters. The molecule has 9 heteroatoms. The fourth-order valence-electron chi connectivity index (χ4n) is 2.55. The molecule has 1 saturated heterocycles. The van der Waals surface area contributed by atoms with E-state index in [1.165, 1.54) is 12.1 Å². The van der Waals surface area contributed by atoms with E-state index >= 15 is 0 Å². The summed E-state index contributed by atoms with van der Waals surface area (Å²) in [7, 11) is 0. The van der Waals surface area contributed by atoms with Gasteiger partial charge in [-0.1, -0.05) is 19.9 Å². The highest BCUT2D eigenvalue weighted by atomic mass is 32.2. The third kappa shape index (κ3) is 5.26. The maximum Gasteiger partial charge on any atom is 0.151 e. The van der Waals surface area contributed by atoms with Crippen molar-refractivity contribution in [2.24, 2.45) is 0 Å². The minimum atomic E-state index is 0.244. The Morgan fingerprint density at radius 2 is 2.35 bits per heavy atom. The van der Waals surface area contributed by atoms with Gasteiger partial charge in [0.2, 0.25) is 0 Å². The number of aromatic nitrogens is 4. The molecule has 2 aromatic heterocycles. The minimum absolute atomic E-state index is 0.244. The topological polar surface area (TPSA) is 108 Å². The summed E-state index contributed by atoms with van der Waals surface area (Å²) in [6.45, 7) is 7.11. The number of hydrogen-bond donors (Lipinski definition) is 4. The zero-order valence-corrected chi connectivity index (χ0v) is 16.3. The van der Waals surface area contributed by atoms with Crippen LogP contribution in [0.3, 0.4) is 0 Å². The first-order chi connectivity index (χ1) is 12.7. The van der Waals surface area contributed by atoms with Gasteiger partial charge in [0, 0.05) is 24.9 Å². The summed E-state index contributed by atoms with van der Waals surface area (Å²) in [5.74, 6) is 2.58. The molecule has 0 bridgehead atoms. The zero-order valence-electron chi connectivity index (χ0n) is 15.5. The number of nitrogens with two attached hydrogens (primary N) is 1. The Kier molecular flexibility index (Phi) is 8.52. The van der Waals surface area contributed by atoms with Gasteiger partial charge in [-0.2, -0.15) is 14.9 Å². The lowest BCUT2D eigenvalue weighted by atomic mass is 10.2. The number of likely N-dealkylation sites (N-methyl/N-ethyl adjacent to an activating group) is 1. The van der Waals surface area contributed by atoms with Gasteiger partial charge in [0.1, 0.15) is 5.82 Å². The second-order valence-electron chi connectivity index (χ2n) is 5.66. The van der Waals surface area contributed by atoms with Crippen LogP contribution < -0.4 is 11.1 Å². The van der Waals surface area contributed by atoms with Crippen molar-refractivity contribution in [1.29, 1.82) is 0 Å². The molecule has 26 heavy (non-hydrogen) atoms. The fourth-order valence-corrected chi connectivity index (χ4v) is 3.60. The highest BCUT2D eigenvalue weighted by molar-refractivity contribution is 7.97. The van der Waals surface area contributed by atoms with Crippen LogP contribution >= 0.6 is 11.9 Å². The van der Waals surface area contributed by atoms with Crippen LogP contribution in [0.5, 0.6) is 0 Å². The van der Waals surface area contributed by atoms with E-state index in [1.54, 1.807) is 10.9 Å². The van der Waals surface area contributed by atoms with Crippen molar-refractivity contribution < 1.29 is 5.11 Å². The number of nitrogens with zero attached hydrogens (tertiary/aromatic N) is 4. The third-order valence-corrected chi connectivity index (χ3v) is 4.92. The van der Waals surface area contributed by atoms with Gasteiger partial charge >= 0.3 is 0 Å². The lowest BCUT2D eigenvalue weighted by Crippen LogP contribution is -2.16. The SMILES string of the molecule is CC/C=C(\c1cnn(-c2ccn[nH]2)c1N)N1CCCS1.CCNCCO. The van der Waals surface area contributed by atoms with E-state index in [0.29, 0.717) is 5.82 Å². The Labute approximate surface area is 159 Å². The van der Waals surface area contributed by atoms with E-state index in [0.717, 1.165) is 43.2 Å². The molecule has 8 nitrogen and oxygen atoms in total. The van der Waals surface area contributed by atoms with Crippen molar-refractivity contribution in [2.45, 2.75) is 26.7 Å². The lowest BCUT2D eigenvalue weighted by Gasteiger charge is -2.19. The molecule has 2 aromatic rings. The molecule has 3 rings (SSSR count). The summed E-state index contributed by atoms with van der Waals surface area (Å²) in [5.41, 5.74) is 8.42. The minimum Gasteiger partial charge on any atom is -0.395 e.